The Bertz CT molecular complexity index is 4100. The van der Waals surface area contributed by atoms with Gasteiger partial charge in [-0.15, -0.1) is 0 Å². The third-order valence-corrected chi connectivity index (χ3v) is 22.4. The van der Waals surface area contributed by atoms with Crippen molar-refractivity contribution >= 4 is 87.1 Å². The molecule has 0 fully saturated rings. The van der Waals surface area contributed by atoms with Crippen molar-refractivity contribution in [3.8, 4) is 66.8 Å². The van der Waals surface area contributed by atoms with E-state index in [2.05, 4.69) is 254 Å². The van der Waals surface area contributed by atoms with Crippen molar-refractivity contribution in [1.82, 2.24) is 0 Å². The van der Waals surface area contributed by atoms with Crippen LogP contribution in [0.3, 0.4) is 0 Å². The van der Waals surface area contributed by atoms with Gasteiger partial charge in [-0.3, -0.25) is 0 Å². The molecule has 4 aliphatic rings. The normalized spacial score (nSPS) is 13.8. The van der Waals surface area contributed by atoms with Gasteiger partial charge in [0.15, 0.2) is 0 Å². The predicted molar refractivity (Wildman–Crippen MR) is 304 cm³/mol. The molecule has 330 valence electrons. The molecule has 0 N–H and O–H groups in total. The summed E-state index contributed by atoms with van der Waals surface area (Å²) in [7, 11) is 0. The third kappa shape index (κ3) is 5.50. The molecule has 3 heterocycles. The Hall–Kier alpha value is -7.95. The van der Waals surface area contributed by atoms with Crippen LogP contribution in [0.4, 0.5) is 17.1 Å². The maximum absolute atomic E-state index is 2.59. The van der Waals surface area contributed by atoms with E-state index < -0.39 is 36.3 Å². The zero-order valence-electron chi connectivity index (χ0n) is 39.1. The summed E-state index contributed by atoms with van der Waals surface area (Å²) in [5, 5.41) is 5.13. The fraction of sp³-hybridized carbons (Fsp3) is 0.0145. The first-order valence-electron chi connectivity index (χ1n) is 25.0. The van der Waals surface area contributed by atoms with E-state index in [0.717, 1.165) is 5.69 Å². The minimum absolute atomic E-state index is 0.556. The molecule has 0 amide bonds. The first-order valence-corrected chi connectivity index (χ1v) is 29.2. The molecule has 0 saturated heterocycles. The molecule has 0 unspecified atom stereocenters. The summed E-state index contributed by atoms with van der Waals surface area (Å²) in [6.07, 6.45) is 0. The van der Waals surface area contributed by atoms with Crippen molar-refractivity contribution in [2.75, 3.05) is 4.90 Å². The fourth-order valence-electron chi connectivity index (χ4n) is 13.3. The number of hydrogen-bond donors (Lipinski definition) is 0. The third-order valence-electron chi connectivity index (χ3n) is 16.2. The van der Waals surface area contributed by atoms with Crippen LogP contribution < -0.4 is 22.5 Å². The molecule has 12 aromatic carbocycles. The number of hydrogen-bond acceptors (Lipinski definition) is 1. The Morgan fingerprint density at radius 3 is 1.26 bits per heavy atom. The molecule has 0 saturated carbocycles. The van der Waals surface area contributed by atoms with Crippen molar-refractivity contribution in [3.05, 3.63) is 271 Å². The van der Waals surface area contributed by atoms with Gasteiger partial charge in [-0.25, -0.2) is 0 Å². The summed E-state index contributed by atoms with van der Waals surface area (Å²) in [5.41, 5.74) is 24.4. The van der Waals surface area contributed by atoms with Gasteiger partial charge < -0.3 is 0 Å². The zero-order chi connectivity index (χ0) is 47.1. The molecule has 0 aromatic heterocycles. The van der Waals surface area contributed by atoms with Crippen LogP contribution in [-0.2, 0) is 5.41 Å². The second kappa shape index (κ2) is 15.5. The Labute approximate surface area is 432 Å². The Balaban J connectivity index is 1.06. The van der Waals surface area contributed by atoms with E-state index in [1.165, 1.54) is 140 Å². The number of para-hydroxylation sites is 3. The van der Waals surface area contributed by atoms with Gasteiger partial charge in [0.05, 0.1) is 0 Å². The number of benzene rings is 12. The molecule has 1 nitrogen and oxygen atoms in total. The molecule has 1 aliphatic carbocycles. The predicted octanol–water partition coefficient (Wildman–Crippen LogP) is 14.4. The topological polar surface area (TPSA) is 3.24 Å². The van der Waals surface area contributed by atoms with E-state index in [1.807, 2.05) is 0 Å². The summed E-state index contributed by atoms with van der Waals surface area (Å²) >= 11 is -1.11. The van der Waals surface area contributed by atoms with Crippen LogP contribution in [0.5, 0.6) is 0 Å². The first-order chi connectivity index (χ1) is 35.8. The average Bonchev–Trinajstić information content (AvgIpc) is 4.12. The van der Waals surface area contributed by atoms with Crippen molar-refractivity contribution in [2.24, 2.45) is 0 Å². The van der Waals surface area contributed by atoms with Crippen LogP contribution in [-0.4, -0.2) is 30.9 Å². The average molecular weight is 1030 g/mol. The van der Waals surface area contributed by atoms with Crippen molar-refractivity contribution in [3.63, 3.8) is 0 Å². The van der Waals surface area contributed by atoms with Crippen molar-refractivity contribution in [1.29, 1.82) is 0 Å². The van der Waals surface area contributed by atoms with Crippen molar-refractivity contribution < 1.29 is 0 Å². The van der Waals surface area contributed by atoms with Gasteiger partial charge in [0.2, 0.25) is 0 Å². The van der Waals surface area contributed by atoms with Crippen LogP contribution in [0.1, 0.15) is 22.3 Å². The molecule has 0 atom stereocenters. The summed E-state index contributed by atoms with van der Waals surface area (Å²) in [6.45, 7) is 0. The second-order valence-electron chi connectivity index (χ2n) is 19.6. The van der Waals surface area contributed by atoms with Gasteiger partial charge >= 0.3 is 387 Å². The summed E-state index contributed by atoms with van der Waals surface area (Å²) in [6, 6.07) is 95.1. The van der Waals surface area contributed by atoms with E-state index in [9.17, 15) is 0 Å². The van der Waals surface area contributed by atoms with E-state index in [4.69, 9.17) is 0 Å². The van der Waals surface area contributed by atoms with Gasteiger partial charge in [0, 0.05) is 0 Å². The molecule has 12 aromatic rings. The minimum atomic E-state index is -0.565. The van der Waals surface area contributed by atoms with Gasteiger partial charge in [-0.05, 0) is 0 Å². The van der Waals surface area contributed by atoms with Crippen LogP contribution >= 0.6 is 0 Å². The van der Waals surface area contributed by atoms with Crippen LogP contribution in [0, 0.1) is 0 Å². The number of rotatable bonds is 4. The molecule has 1 spiro atoms. The maximum atomic E-state index is 2.59. The van der Waals surface area contributed by atoms with Crippen LogP contribution in [0.2, 0.25) is 0 Å². The second-order valence-corrected chi connectivity index (χ2v) is 25.0. The molecule has 4 radical (unpaired) electrons. The van der Waals surface area contributed by atoms with Gasteiger partial charge in [-0.2, -0.15) is 0 Å². The molecule has 16 rings (SSSR count). The fourth-order valence-corrected chi connectivity index (χ4v) is 19.6. The number of fused-ring (bicyclic) bond motifs is 17. The zero-order valence-corrected chi connectivity index (χ0v) is 43.3. The Morgan fingerprint density at radius 1 is 0.278 bits per heavy atom. The molecule has 72 heavy (non-hydrogen) atoms. The Morgan fingerprint density at radius 2 is 0.681 bits per heavy atom. The molecule has 3 aliphatic heterocycles. The molecule has 0 bridgehead atoms. The summed E-state index contributed by atoms with van der Waals surface area (Å²) in [5.74, 6) is 0. The summed E-state index contributed by atoms with van der Waals surface area (Å²) < 4.78 is 6.12. The van der Waals surface area contributed by atoms with Crippen molar-refractivity contribution in [2.45, 2.75) is 5.41 Å². The number of nitrogens with zero attached hydrogens (tertiary/aromatic N) is 1. The monoisotopic (exact) mass is 1030 g/mol. The van der Waals surface area contributed by atoms with E-state index in [0.29, 0.717) is 0 Å². The Kier molecular flexibility index (Phi) is 8.78. The standard InChI is InChI=1S/C69H41Ge2N/c1-2-19-42(20-3-1)72-64-40-13-10-36-60(64)69(58-34-8-4-21-45(58)46-22-5-9-35-59(46)69)61-37-18-33-55(68(61)72)65-49-27-14-25-43(51-29-16-31-53-47-23-6-11-38-62(47)70-66(51)53)56(49)41-57-44(26-15-28-50(57)65)52-30-17-32-54-48-24-7-12-39-63(48)71-67(52)54/h1-41H. The van der Waals surface area contributed by atoms with E-state index in [-0.39, 0.29) is 0 Å². The summed E-state index contributed by atoms with van der Waals surface area (Å²) in [4.78, 5) is 2.59. The molecular weight excluding hydrogens is 988 g/mol. The van der Waals surface area contributed by atoms with E-state index >= 15 is 0 Å². The number of anilines is 3. The van der Waals surface area contributed by atoms with Gasteiger partial charge in [-0.1, -0.05) is 48.5 Å². The molecular formula is C69H41Ge2N. The van der Waals surface area contributed by atoms with Gasteiger partial charge in [0.1, 0.15) is 0 Å². The van der Waals surface area contributed by atoms with E-state index in [1.54, 1.807) is 0 Å². The van der Waals surface area contributed by atoms with Crippen LogP contribution in [0.15, 0.2) is 249 Å². The van der Waals surface area contributed by atoms with Crippen LogP contribution in [0.25, 0.3) is 88.3 Å². The SMILES string of the molecule is c1ccc(N2c3ccccc3C3(c4ccccc4-c4ccccc43)c3cccc(-c4c5cccc(-c6cccc7[c]6[Ge][c]6ccccc6-7)c5cc5c(-c6cccc7[c]6[Ge][c]6ccccc6-7)cccc45)c32)cc1. The first kappa shape index (κ1) is 40.7. The van der Waals surface area contributed by atoms with Gasteiger partial charge in [0.25, 0.3) is 0 Å². The molecule has 3 heteroatoms. The quantitative estimate of drug-likeness (QED) is 0.125.